The zero-order valence-corrected chi connectivity index (χ0v) is 15.7. The first kappa shape index (κ1) is 18.9. The average Bonchev–Trinajstić information content (AvgIpc) is 2.90. The predicted octanol–water partition coefficient (Wildman–Crippen LogP) is 0.505. The number of rotatable bonds is 4. The van der Waals surface area contributed by atoms with Crippen LogP contribution in [0.15, 0.2) is 29.1 Å². The van der Waals surface area contributed by atoms with Crippen molar-refractivity contribution in [2.75, 3.05) is 39.2 Å². The smallest absolute Gasteiger partial charge is 0.256 e. The maximum Gasteiger partial charge on any atom is 0.256 e. The summed E-state index contributed by atoms with van der Waals surface area (Å²) in [6, 6.07) is 6.75. The van der Waals surface area contributed by atoms with Crippen LogP contribution in [0.2, 0.25) is 0 Å². The maximum atomic E-state index is 12.7. The maximum absolute atomic E-state index is 12.7. The van der Waals surface area contributed by atoms with Crippen LogP contribution < -0.4 is 15.2 Å². The molecule has 1 amide bonds. The number of amides is 1. The van der Waals surface area contributed by atoms with Gasteiger partial charge >= 0.3 is 0 Å². The number of aromatic nitrogens is 2. The Bertz CT molecular complexity index is 876. The van der Waals surface area contributed by atoms with Crippen molar-refractivity contribution in [2.45, 2.75) is 18.9 Å². The van der Waals surface area contributed by atoms with Gasteiger partial charge < -0.3 is 19.6 Å². The van der Waals surface area contributed by atoms with Crippen LogP contribution in [0, 0.1) is 0 Å². The molecule has 1 atom stereocenters. The third kappa shape index (κ3) is 3.95. The fourth-order valence-electron chi connectivity index (χ4n) is 3.13. The predicted molar refractivity (Wildman–Crippen MR) is 101 cm³/mol. The fourth-order valence-corrected chi connectivity index (χ4v) is 3.13. The summed E-state index contributed by atoms with van der Waals surface area (Å²) in [5.41, 5.74) is 1.65. The van der Waals surface area contributed by atoms with Crippen molar-refractivity contribution >= 4 is 11.9 Å². The third-order valence-corrected chi connectivity index (χ3v) is 4.74. The van der Waals surface area contributed by atoms with E-state index in [1.54, 1.807) is 41.2 Å². The van der Waals surface area contributed by atoms with Crippen molar-refractivity contribution in [2.24, 2.45) is 0 Å². The van der Waals surface area contributed by atoms with Gasteiger partial charge in [-0.2, -0.15) is 0 Å². The van der Waals surface area contributed by atoms with E-state index in [1.807, 2.05) is 14.1 Å². The number of carbonyl (C=O) groups excluding carboxylic acids is 1. The van der Waals surface area contributed by atoms with E-state index in [2.05, 4.69) is 9.97 Å². The van der Waals surface area contributed by atoms with Crippen molar-refractivity contribution in [1.29, 1.82) is 0 Å². The lowest BCUT2D eigenvalue weighted by atomic mass is 10.1. The molecule has 0 saturated carbocycles. The SMILES string of the molecule is COc1ccc(C(O)C(=O)N2CCc3nc(N(C)C)[nH]c(=O)c3CC2)cc1. The van der Waals surface area contributed by atoms with Gasteiger partial charge in [0.2, 0.25) is 5.95 Å². The molecule has 8 nitrogen and oxygen atoms in total. The average molecular weight is 372 g/mol. The van der Waals surface area contributed by atoms with E-state index in [4.69, 9.17) is 4.74 Å². The number of carbonyl (C=O) groups is 1. The molecule has 1 unspecified atom stereocenters. The minimum Gasteiger partial charge on any atom is -0.497 e. The molecule has 0 spiro atoms. The van der Waals surface area contributed by atoms with Gasteiger partial charge in [-0.05, 0) is 24.1 Å². The molecular formula is C19H24N4O4. The lowest BCUT2D eigenvalue weighted by Gasteiger charge is -2.23. The molecule has 1 aliphatic rings. The first-order valence-corrected chi connectivity index (χ1v) is 8.81. The number of aliphatic hydroxyl groups excluding tert-OH is 1. The van der Waals surface area contributed by atoms with Crippen molar-refractivity contribution in [3.8, 4) is 5.75 Å². The van der Waals surface area contributed by atoms with Gasteiger partial charge in [-0.1, -0.05) is 12.1 Å². The van der Waals surface area contributed by atoms with Crippen LogP contribution >= 0.6 is 0 Å². The van der Waals surface area contributed by atoms with Gasteiger partial charge in [0.1, 0.15) is 5.75 Å². The summed E-state index contributed by atoms with van der Waals surface area (Å²) < 4.78 is 5.10. The number of aromatic amines is 1. The van der Waals surface area contributed by atoms with Gasteiger partial charge in [0.15, 0.2) is 6.10 Å². The number of anilines is 1. The second kappa shape index (κ2) is 7.79. The Labute approximate surface area is 157 Å². The second-order valence-electron chi connectivity index (χ2n) is 6.71. The Kier molecular flexibility index (Phi) is 5.46. The molecule has 27 heavy (non-hydrogen) atoms. The van der Waals surface area contributed by atoms with Crippen LogP contribution in [-0.4, -0.2) is 60.2 Å². The number of hydrogen-bond acceptors (Lipinski definition) is 6. The second-order valence-corrected chi connectivity index (χ2v) is 6.71. The summed E-state index contributed by atoms with van der Waals surface area (Å²) in [6.07, 6.45) is -0.367. The molecule has 1 aliphatic heterocycles. The Morgan fingerprint density at radius 1 is 1.26 bits per heavy atom. The highest BCUT2D eigenvalue weighted by atomic mass is 16.5. The normalized spacial score (nSPS) is 14.9. The van der Waals surface area contributed by atoms with E-state index in [9.17, 15) is 14.7 Å². The van der Waals surface area contributed by atoms with Crippen LogP contribution in [0.3, 0.4) is 0 Å². The molecule has 144 valence electrons. The van der Waals surface area contributed by atoms with Crippen LogP contribution in [0.1, 0.15) is 22.9 Å². The van der Waals surface area contributed by atoms with E-state index in [0.717, 1.165) is 0 Å². The molecule has 0 bridgehead atoms. The minimum atomic E-state index is -1.25. The molecule has 2 aromatic rings. The van der Waals surface area contributed by atoms with Crippen molar-refractivity contribution in [1.82, 2.24) is 14.9 Å². The molecule has 2 N–H and O–H groups in total. The lowest BCUT2D eigenvalue weighted by Crippen LogP contribution is -2.37. The Balaban J connectivity index is 1.76. The van der Waals surface area contributed by atoms with Crippen molar-refractivity contribution in [3.63, 3.8) is 0 Å². The largest absolute Gasteiger partial charge is 0.497 e. The molecule has 0 fully saturated rings. The van der Waals surface area contributed by atoms with Gasteiger partial charge in [-0.15, -0.1) is 0 Å². The number of H-pyrrole nitrogens is 1. The summed E-state index contributed by atoms with van der Waals surface area (Å²) in [4.78, 5) is 35.7. The van der Waals surface area contributed by atoms with E-state index in [1.165, 1.54) is 0 Å². The Morgan fingerprint density at radius 2 is 1.93 bits per heavy atom. The molecular weight excluding hydrogens is 348 g/mol. The van der Waals surface area contributed by atoms with Gasteiger partial charge in [0.05, 0.1) is 12.8 Å². The number of hydrogen-bond donors (Lipinski definition) is 2. The molecule has 3 rings (SSSR count). The Hall–Kier alpha value is -2.87. The monoisotopic (exact) mass is 372 g/mol. The molecule has 1 aromatic heterocycles. The van der Waals surface area contributed by atoms with Crippen LogP contribution in [-0.2, 0) is 17.6 Å². The number of aliphatic hydroxyl groups is 1. The molecule has 1 aromatic carbocycles. The van der Waals surface area contributed by atoms with E-state index >= 15 is 0 Å². The Morgan fingerprint density at radius 3 is 2.56 bits per heavy atom. The first-order valence-electron chi connectivity index (χ1n) is 8.81. The summed E-state index contributed by atoms with van der Waals surface area (Å²) in [5, 5.41) is 10.5. The number of nitrogens with zero attached hydrogens (tertiary/aromatic N) is 3. The third-order valence-electron chi connectivity index (χ3n) is 4.74. The highest BCUT2D eigenvalue weighted by Crippen LogP contribution is 2.21. The molecule has 8 heteroatoms. The summed E-state index contributed by atoms with van der Waals surface area (Å²) in [5.74, 6) is 0.777. The number of methoxy groups -OCH3 is 1. The fraction of sp³-hybridized carbons (Fsp3) is 0.421. The van der Waals surface area contributed by atoms with Gasteiger partial charge in [-0.25, -0.2) is 4.98 Å². The van der Waals surface area contributed by atoms with E-state index in [-0.39, 0.29) is 11.5 Å². The van der Waals surface area contributed by atoms with Crippen LogP contribution in [0.4, 0.5) is 5.95 Å². The van der Waals surface area contributed by atoms with Crippen molar-refractivity contribution < 1.29 is 14.6 Å². The van der Waals surface area contributed by atoms with E-state index in [0.29, 0.717) is 54.4 Å². The van der Waals surface area contributed by atoms with E-state index < -0.39 is 6.10 Å². The van der Waals surface area contributed by atoms with Gasteiger partial charge in [0, 0.05) is 39.2 Å². The summed E-state index contributed by atoms with van der Waals surface area (Å²) in [6.45, 7) is 0.771. The molecule has 2 heterocycles. The topological polar surface area (TPSA) is 98.8 Å². The summed E-state index contributed by atoms with van der Waals surface area (Å²) >= 11 is 0. The van der Waals surface area contributed by atoms with Gasteiger partial charge in [-0.3, -0.25) is 14.6 Å². The summed E-state index contributed by atoms with van der Waals surface area (Å²) in [7, 11) is 5.17. The van der Waals surface area contributed by atoms with Gasteiger partial charge in [0.25, 0.3) is 11.5 Å². The molecule has 0 radical (unpaired) electrons. The van der Waals surface area contributed by atoms with Crippen LogP contribution in [0.5, 0.6) is 5.75 Å². The van der Waals surface area contributed by atoms with Crippen molar-refractivity contribution in [3.05, 3.63) is 51.4 Å². The van der Waals surface area contributed by atoms with Crippen LogP contribution in [0.25, 0.3) is 0 Å². The zero-order valence-electron chi connectivity index (χ0n) is 15.7. The minimum absolute atomic E-state index is 0.172. The number of nitrogens with one attached hydrogen (secondary N) is 1. The zero-order chi connectivity index (χ0) is 19.6. The quantitative estimate of drug-likeness (QED) is 0.811. The molecule has 0 aliphatic carbocycles. The standard InChI is InChI=1S/C19H24N4O4/c1-22(2)19-20-15-9-11-23(10-8-14(15)17(25)21-19)18(26)16(24)12-4-6-13(27-3)7-5-12/h4-7,16,24H,8-11H2,1-3H3,(H,20,21,25). The number of ether oxygens (including phenoxy) is 1. The lowest BCUT2D eigenvalue weighted by molar-refractivity contribution is -0.140. The highest BCUT2D eigenvalue weighted by molar-refractivity contribution is 5.82. The first-order chi connectivity index (χ1) is 12.9. The highest BCUT2D eigenvalue weighted by Gasteiger charge is 2.27. The number of benzene rings is 1. The molecule has 0 saturated heterocycles. The number of fused-ring (bicyclic) bond motifs is 1.